The van der Waals surface area contributed by atoms with Gasteiger partial charge in [-0.2, -0.15) is 0 Å². The predicted molar refractivity (Wildman–Crippen MR) is 80.4 cm³/mol. The zero-order chi connectivity index (χ0) is 14.0. The molecule has 2 aromatic carbocycles. The number of ether oxygens (including phenoxy) is 1. The standard InChI is InChI=1S/C15H12BrClO2/c1-9-7-12(17)4-6-14(9)19-15-5-3-11(10(2)18)8-13(15)16/h3-8H,1-2H3. The monoisotopic (exact) mass is 338 g/mol. The average Bonchev–Trinajstić information content (AvgIpc) is 2.34. The third-order valence-electron chi connectivity index (χ3n) is 2.70. The van der Waals surface area contributed by atoms with Gasteiger partial charge in [-0.1, -0.05) is 11.6 Å². The highest BCUT2D eigenvalue weighted by atomic mass is 79.9. The third kappa shape index (κ3) is 3.37. The van der Waals surface area contributed by atoms with Gasteiger partial charge in [0.05, 0.1) is 4.47 Å². The van der Waals surface area contributed by atoms with Gasteiger partial charge in [-0.15, -0.1) is 0 Å². The number of halogens is 2. The van der Waals surface area contributed by atoms with Crippen molar-refractivity contribution < 1.29 is 9.53 Å². The molecule has 0 aromatic heterocycles. The molecule has 0 unspecified atom stereocenters. The van der Waals surface area contributed by atoms with Gasteiger partial charge >= 0.3 is 0 Å². The molecule has 2 nitrogen and oxygen atoms in total. The van der Waals surface area contributed by atoms with Crippen LogP contribution in [0, 0.1) is 6.92 Å². The maximum absolute atomic E-state index is 11.3. The molecule has 19 heavy (non-hydrogen) atoms. The molecular formula is C15H12BrClO2. The number of carbonyl (C=O) groups is 1. The lowest BCUT2D eigenvalue weighted by Gasteiger charge is -2.11. The van der Waals surface area contributed by atoms with Crippen LogP contribution in [0.15, 0.2) is 40.9 Å². The molecule has 0 aliphatic rings. The average molecular weight is 340 g/mol. The summed E-state index contributed by atoms with van der Waals surface area (Å²) in [7, 11) is 0. The Morgan fingerprint density at radius 3 is 2.42 bits per heavy atom. The van der Waals surface area contributed by atoms with Crippen molar-refractivity contribution in [3.8, 4) is 11.5 Å². The van der Waals surface area contributed by atoms with Gasteiger partial charge in [0.25, 0.3) is 0 Å². The van der Waals surface area contributed by atoms with Crippen LogP contribution in [-0.4, -0.2) is 5.78 Å². The van der Waals surface area contributed by atoms with Crippen LogP contribution in [0.2, 0.25) is 5.02 Å². The van der Waals surface area contributed by atoms with Gasteiger partial charge in [-0.05, 0) is 71.7 Å². The minimum atomic E-state index is 0.0231. The van der Waals surface area contributed by atoms with Crippen molar-refractivity contribution in [3.05, 3.63) is 57.0 Å². The van der Waals surface area contributed by atoms with E-state index in [1.807, 2.05) is 19.1 Å². The van der Waals surface area contributed by atoms with Crippen molar-refractivity contribution in [1.29, 1.82) is 0 Å². The summed E-state index contributed by atoms with van der Waals surface area (Å²) in [5.41, 5.74) is 1.60. The lowest BCUT2D eigenvalue weighted by atomic mass is 10.1. The molecule has 0 aliphatic carbocycles. The van der Waals surface area contributed by atoms with Gasteiger partial charge < -0.3 is 4.74 Å². The van der Waals surface area contributed by atoms with Gasteiger partial charge in [0.1, 0.15) is 11.5 Å². The van der Waals surface area contributed by atoms with Crippen molar-refractivity contribution >= 4 is 33.3 Å². The van der Waals surface area contributed by atoms with Crippen LogP contribution in [0.1, 0.15) is 22.8 Å². The molecule has 0 atom stereocenters. The normalized spacial score (nSPS) is 10.3. The molecule has 2 aromatic rings. The van der Waals surface area contributed by atoms with Crippen LogP contribution in [0.3, 0.4) is 0 Å². The molecule has 0 heterocycles. The summed E-state index contributed by atoms with van der Waals surface area (Å²) in [6.45, 7) is 3.46. The summed E-state index contributed by atoms with van der Waals surface area (Å²) in [5, 5.41) is 0.677. The predicted octanol–water partition coefficient (Wildman–Crippen LogP) is 5.41. The maximum atomic E-state index is 11.3. The van der Waals surface area contributed by atoms with Crippen molar-refractivity contribution in [2.45, 2.75) is 13.8 Å². The largest absolute Gasteiger partial charge is 0.456 e. The molecule has 0 saturated heterocycles. The quantitative estimate of drug-likeness (QED) is 0.699. The molecule has 0 saturated carbocycles. The van der Waals surface area contributed by atoms with Crippen molar-refractivity contribution in [1.82, 2.24) is 0 Å². The first-order chi connectivity index (χ1) is 8.97. The van der Waals surface area contributed by atoms with Crippen LogP contribution in [-0.2, 0) is 0 Å². The molecule has 0 spiro atoms. The number of Topliss-reactive ketones (excluding diaryl/α,β-unsaturated/α-hetero) is 1. The molecule has 0 bridgehead atoms. The number of hydrogen-bond acceptors (Lipinski definition) is 2. The van der Waals surface area contributed by atoms with E-state index >= 15 is 0 Å². The van der Waals surface area contributed by atoms with Crippen LogP contribution in [0.4, 0.5) is 0 Å². The van der Waals surface area contributed by atoms with Crippen LogP contribution in [0.5, 0.6) is 11.5 Å². The Morgan fingerprint density at radius 2 is 1.84 bits per heavy atom. The Kier molecular flexibility index (Phi) is 4.27. The van der Waals surface area contributed by atoms with E-state index in [2.05, 4.69) is 15.9 Å². The fourth-order valence-electron chi connectivity index (χ4n) is 1.65. The highest BCUT2D eigenvalue weighted by Gasteiger charge is 2.08. The first-order valence-corrected chi connectivity index (χ1v) is 6.89. The van der Waals surface area contributed by atoms with Crippen molar-refractivity contribution in [2.75, 3.05) is 0 Å². The van der Waals surface area contributed by atoms with Crippen LogP contribution >= 0.6 is 27.5 Å². The Bertz CT molecular complexity index is 638. The molecular weight excluding hydrogens is 328 g/mol. The van der Waals surface area contributed by atoms with E-state index in [1.165, 1.54) is 6.92 Å². The second-order valence-electron chi connectivity index (χ2n) is 4.21. The summed E-state index contributed by atoms with van der Waals surface area (Å²) in [5.74, 6) is 1.42. The van der Waals surface area contributed by atoms with Crippen molar-refractivity contribution in [2.24, 2.45) is 0 Å². The van der Waals surface area contributed by atoms with Crippen LogP contribution in [0.25, 0.3) is 0 Å². The van der Waals surface area contributed by atoms with Gasteiger partial charge in [0.15, 0.2) is 5.78 Å². The number of ketones is 1. The van der Waals surface area contributed by atoms with E-state index in [-0.39, 0.29) is 5.78 Å². The number of hydrogen-bond donors (Lipinski definition) is 0. The topological polar surface area (TPSA) is 26.3 Å². The highest BCUT2D eigenvalue weighted by molar-refractivity contribution is 9.10. The van der Waals surface area contributed by atoms with Gasteiger partial charge in [-0.25, -0.2) is 0 Å². The highest BCUT2D eigenvalue weighted by Crippen LogP contribution is 2.33. The lowest BCUT2D eigenvalue weighted by molar-refractivity contribution is 0.101. The second kappa shape index (κ2) is 5.76. The molecule has 98 valence electrons. The third-order valence-corrected chi connectivity index (χ3v) is 3.55. The molecule has 0 amide bonds. The molecule has 0 aliphatic heterocycles. The zero-order valence-corrected chi connectivity index (χ0v) is 12.9. The minimum absolute atomic E-state index is 0.0231. The number of aryl methyl sites for hydroxylation is 1. The molecule has 0 fully saturated rings. The molecule has 0 N–H and O–H groups in total. The van der Waals surface area contributed by atoms with E-state index in [4.69, 9.17) is 16.3 Å². The van der Waals surface area contributed by atoms with E-state index in [0.717, 1.165) is 15.8 Å². The fourth-order valence-corrected chi connectivity index (χ4v) is 2.33. The summed E-state index contributed by atoms with van der Waals surface area (Å²) in [4.78, 5) is 11.3. The van der Waals surface area contributed by atoms with E-state index in [9.17, 15) is 4.79 Å². The molecule has 4 heteroatoms. The van der Waals surface area contributed by atoms with Crippen LogP contribution < -0.4 is 4.74 Å². The molecule has 0 radical (unpaired) electrons. The van der Waals surface area contributed by atoms with E-state index in [1.54, 1.807) is 24.3 Å². The Balaban J connectivity index is 2.31. The summed E-state index contributed by atoms with van der Waals surface area (Å²) >= 11 is 9.31. The minimum Gasteiger partial charge on any atom is -0.456 e. The van der Waals surface area contributed by atoms with E-state index in [0.29, 0.717) is 16.3 Å². The van der Waals surface area contributed by atoms with E-state index < -0.39 is 0 Å². The first kappa shape index (κ1) is 14.1. The van der Waals surface area contributed by atoms with Gasteiger partial charge in [-0.3, -0.25) is 4.79 Å². The number of carbonyl (C=O) groups excluding carboxylic acids is 1. The zero-order valence-electron chi connectivity index (χ0n) is 10.5. The number of rotatable bonds is 3. The second-order valence-corrected chi connectivity index (χ2v) is 5.50. The van der Waals surface area contributed by atoms with Crippen molar-refractivity contribution in [3.63, 3.8) is 0 Å². The Hall–Kier alpha value is -1.32. The fraction of sp³-hybridized carbons (Fsp3) is 0.133. The SMILES string of the molecule is CC(=O)c1ccc(Oc2ccc(Cl)cc2C)c(Br)c1. The Labute approximate surface area is 125 Å². The maximum Gasteiger partial charge on any atom is 0.159 e. The lowest BCUT2D eigenvalue weighted by Crippen LogP contribution is -1.94. The smallest absolute Gasteiger partial charge is 0.159 e. The summed E-state index contributed by atoms with van der Waals surface area (Å²) < 4.78 is 6.56. The summed E-state index contributed by atoms with van der Waals surface area (Å²) in [6, 6.07) is 10.7. The molecule has 2 rings (SSSR count). The Morgan fingerprint density at radius 1 is 1.16 bits per heavy atom. The van der Waals surface area contributed by atoms with Gasteiger partial charge in [0.2, 0.25) is 0 Å². The first-order valence-electron chi connectivity index (χ1n) is 5.72. The number of benzene rings is 2. The van der Waals surface area contributed by atoms with Gasteiger partial charge in [0, 0.05) is 10.6 Å². The summed E-state index contributed by atoms with van der Waals surface area (Å²) in [6.07, 6.45) is 0.